The van der Waals surface area contributed by atoms with Crippen LogP contribution in [0.4, 0.5) is 0 Å². The molecule has 4 saturated carbocycles. The zero-order chi connectivity index (χ0) is 22.8. The van der Waals surface area contributed by atoms with Crippen LogP contribution in [0, 0.1) is 34.5 Å². The summed E-state index contributed by atoms with van der Waals surface area (Å²) < 4.78 is 5.60. The Balaban J connectivity index is 1.17. The Bertz CT molecular complexity index is 745. The molecule has 0 amide bonds. The van der Waals surface area contributed by atoms with Crippen molar-refractivity contribution in [1.82, 2.24) is 14.7 Å². The highest BCUT2D eigenvalue weighted by Crippen LogP contribution is 2.66. The summed E-state index contributed by atoms with van der Waals surface area (Å²) in [6, 6.07) is 0.988. The molecule has 0 aromatic heterocycles. The molecular weight excluding hydrogens is 410 g/mol. The van der Waals surface area contributed by atoms with Crippen LogP contribution in [0.25, 0.3) is 0 Å². The minimum absolute atomic E-state index is 0.0651. The van der Waals surface area contributed by atoms with E-state index in [9.17, 15) is 4.79 Å². The van der Waals surface area contributed by atoms with Gasteiger partial charge in [0.25, 0.3) is 0 Å². The minimum Gasteiger partial charge on any atom is -0.379 e. The van der Waals surface area contributed by atoms with E-state index < -0.39 is 0 Å². The maximum absolute atomic E-state index is 13.7. The van der Waals surface area contributed by atoms with Crippen LogP contribution >= 0.6 is 0 Å². The summed E-state index contributed by atoms with van der Waals surface area (Å²) in [5.41, 5.74) is 0.442. The number of rotatable bonds is 2. The molecule has 0 spiro atoms. The summed E-state index contributed by atoms with van der Waals surface area (Å²) in [4.78, 5) is 21.5. The molecule has 0 bridgehead atoms. The van der Waals surface area contributed by atoms with Gasteiger partial charge in [0.15, 0.2) is 5.78 Å². The second kappa shape index (κ2) is 8.57. The number of carbonyl (C=O) groups is 1. The molecule has 0 radical (unpaired) electrons. The molecule has 6 fully saturated rings. The van der Waals surface area contributed by atoms with Crippen molar-refractivity contribution in [2.75, 3.05) is 59.5 Å². The lowest BCUT2D eigenvalue weighted by atomic mass is 9.45. The molecule has 186 valence electrons. The van der Waals surface area contributed by atoms with Crippen LogP contribution in [0.5, 0.6) is 0 Å². The average molecular weight is 458 g/mol. The Labute approximate surface area is 201 Å². The predicted octanol–water partition coefficient (Wildman–Crippen LogP) is 3.52. The van der Waals surface area contributed by atoms with Gasteiger partial charge in [0, 0.05) is 50.7 Å². The molecule has 5 nitrogen and oxygen atoms in total. The van der Waals surface area contributed by atoms with Gasteiger partial charge in [0.2, 0.25) is 0 Å². The number of carbonyl (C=O) groups excluding carboxylic acids is 1. The second-order valence-electron chi connectivity index (χ2n) is 13.1. The lowest BCUT2D eigenvalue weighted by Crippen LogP contribution is -2.57. The van der Waals surface area contributed by atoms with Crippen LogP contribution in [0.3, 0.4) is 0 Å². The first kappa shape index (κ1) is 22.9. The van der Waals surface area contributed by atoms with Gasteiger partial charge in [0.1, 0.15) is 0 Å². The smallest absolute Gasteiger partial charge is 0.156 e. The molecule has 2 saturated heterocycles. The van der Waals surface area contributed by atoms with Crippen LogP contribution < -0.4 is 0 Å². The topological polar surface area (TPSA) is 36.0 Å². The van der Waals surface area contributed by atoms with Gasteiger partial charge in [-0.25, -0.2) is 0 Å². The average Bonchev–Trinajstić information content (AvgIpc) is 3.10. The molecule has 0 N–H and O–H groups in total. The monoisotopic (exact) mass is 457 g/mol. The summed E-state index contributed by atoms with van der Waals surface area (Å²) in [5, 5.41) is 0. The van der Waals surface area contributed by atoms with E-state index in [1.807, 2.05) is 0 Å². The fourth-order valence-electron chi connectivity index (χ4n) is 9.75. The molecule has 0 aromatic rings. The van der Waals surface area contributed by atoms with Crippen LogP contribution in [-0.4, -0.2) is 92.1 Å². The standard InChI is InChI=1S/C28H47N3O2/c1-27-8-6-21(30-12-10-29(3)11-13-30)18-20(27)4-5-22-23(27)7-9-28(2)24(22)19-25(26(28)32)31-14-16-33-17-15-31/h20-25H,4-19H2,1-3H3/t20-,21+,22+,23-,24-,25-,27-,28-/m0/s1. The number of hydrogen-bond donors (Lipinski definition) is 0. The van der Waals surface area contributed by atoms with Gasteiger partial charge in [-0.2, -0.15) is 0 Å². The number of fused-ring (bicyclic) bond motifs is 5. The normalized spacial score (nSPS) is 50.0. The third kappa shape index (κ3) is 3.67. The third-order valence-electron chi connectivity index (χ3n) is 11.9. The van der Waals surface area contributed by atoms with Crippen molar-refractivity contribution in [2.24, 2.45) is 34.5 Å². The van der Waals surface area contributed by atoms with E-state index in [2.05, 4.69) is 35.6 Å². The Morgan fingerprint density at radius 2 is 1.58 bits per heavy atom. The van der Waals surface area contributed by atoms with Crippen LogP contribution in [0.1, 0.15) is 65.2 Å². The zero-order valence-electron chi connectivity index (χ0n) is 21.4. The summed E-state index contributed by atoms with van der Waals surface area (Å²) in [5.74, 6) is 3.72. The molecule has 8 atom stereocenters. The van der Waals surface area contributed by atoms with Gasteiger partial charge in [-0.15, -0.1) is 0 Å². The van der Waals surface area contributed by atoms with Gasteiger partial charge in [-0.3, -0.25) is 14.6 Å². The first-order valence-corrected chi connectivity index (χ1v) is 14.2. The number of hydrogen-bond acceptors (Lipinski definition) is 5. The number of likely N-dealkylation sites (N-methyl/N-ethyl adjacent to an activating group) is 1. The predicted molar refractivity (Wildman–Crippen MR) is 131 cm³/mol. The van der Waals surface area contributed by atoms with Crippen molar-refractivity contribution < 1.29 is 9.53 Å². The third-order valence-corrected chi connectivity index (χ3v) is 11.9. The lowest BCUT2D eigenvalue weighted by Gasteiger charge is -2.61. The van der Waals surface area contributed by atoms with Gasteiger partial charge >= 0.3 is 0 Å². The first-order valence-electron chi connectivity index (χ1n) is 14.2. The van der Waals surface area contributed by atoms with E-state index in [0.29, 0.717) is 17.1 Å². The number of ketones is 1. The van der Waals surface area contributed by atoms with Crippen LogP contribution in [-0.2, 0) is 9.53 Å². The second-order valence-corrected chi connectivity index (χ2v) is 13.1. The van der Waals surface area contributed by atoms with E-state index >= 15 is 0 Å². The Hall–Kier alpha value is -0.490. The Morgan fingerprint density at radius 3 is 2.33 bits per heavy atom. The maximum Gasteiger partial charge on any atom is 0.156 e. The molecule has 6 aliphatic rings. The number of piperazine rings is 1. The highest BCUT2D eigenvalue weighted by Gasteiger charge is 2.63. The van der Waals surface area contributed by atoms with Crippen molar-refractivity contribution in [1.29, 1.82) is 0 Å². The Kier molecular flexibility index (Phi) is 5.96. The number of Topliss-reactive ketones (excluding diaryl/α,β-unsaturated/α-hetero) is 1. The van der Waals surface area contributed by atoms with Crippen molar-refractivity contribution in [3.8, 4) is 0 Å². The molecule has 0 unspecified atom stereocenters. The Morgan fingerprint density at radius 1 is 0.818 bits per heavy atom. The van der Waals surface area contributed by atoms with Crippen LogP contribution in [0.15, 0.2) is 0 Å². The van der Waals surface area contributed by atoms with Gasteiger partial charge in [0.05, 0.1) is 19.3 Å². The highest BCUT2D eigenvalue weighted by molar-refractivity contribution is 5.92. The zero-order valence-corrected chi connectivity index (χ0v) is 21.4. The largest absolute Gasteiger partial charge is 0.379 e. The van der Waals surface area contributed by atoms with E-state index in [-0.39, 0.29) is 11.5 Å². The van der Waals surface area contributed by atoms with Crippen molar-refractivity contribution in [2.45, 2.75) is 77.3 Å². The lowest BCUT2D eigenvalue weighted by molar-refractivity contribution is -0.143. The molecule has 5 heteroatoms. The van der Waals surface area contributed by atoms with Gasteiger partial charge < -0.3 is 9.64 Å². The minimum atomic E-state index is -0.0651. The van der Waals surface area contributed by atoms with Gasteiger partial charge in [-0.1, -0.05) is 13.8 Å². The quantitative estimate of drug-likeness (QED) is 0.634. The highest BCUT2D eigenvalue weighted by atomic mass is 16.5. The summed E-state index contributed by atoms with van der Waals surface area (Å²) >= 11 is 0. The molecule has 2 aliphatic heterocycles. The first-order chi connectivity index (χ1) is 15.9. The van der Waals surface area contributed by atoms with E-state index in [0.717, 1.165) is 62.9 Å². The summed E-state index contributed by atoms with van der Waals surface area (Å²) in [6.45, 7) is 13.5. The van der Waals surface area contributed by atoms with E-state index in [1.54, 1.807) is 0 Å². The van der Waals surface area contributed by atoms with Gasteiger partial charge in [-0.05, 0) is 87.5 Å². The molecule has 4 aliphatic carbocycles. The van der Waals surface area contributed by atoms with Crippen LogP contribution in [0.2, 0.25) is 0 Å². The summed E-state index contributed by atoms with van der Waals surface area (Å²) in [7, 11) is 2.27. The molecule has 33 heavy (non-hydrogen) atoms. The van der Waals surface area contributed by atoms with E-state index in [4.69, 9.17) is 4.74 Å². The number of ether oxygens (including phenoxy) is 1. The molecule has 0 aromatic carbocycles. The molecular formula is C28H47N3O2. The fraction of sp³-hybridized carbons (Fsp3) is 0.964. The SMILES string of the molecule is CN1CCN([C@@H]2CC[C@@]3(C)[C@@H](CC[C@@H]4[C@@H]3CC[C@]3(C)C(=O)[C@@H](N5CCOCC5)C[C@@H]43)C2)CC1. The maximum atomic E-state index is 13.7. The fourth-order valence-corrected chi connectivity index (χ4v) is 9.75. The summed E-state index contributed by atoms with van der Waals surface area (Å²) in [6.07, 6.45) is 10.6. The molecule has 6 rings (SSSR count). The van der Waals surface area contributed by atoms with Crippen molar-refractivity contribution in [3.05, 3.63) is 0 Å². The molecule has 2 heterocycles. The van der Waals surface area contributed by atoms with Crippen molar-refractivity contribution >= 4 is 5.78 Å². The number of nitrogens with zero attached hydrogens (tertiary/aromatic N) is 3. The van der Waals surface area contributed by atoms with Crippen molar-refractivity contribution in [3.63, 3.8) is 0 Å². The van der Waals surface area contributed by atoms with E-state index in [1.165, 1.54) is 64.7 Å². The number of morpholine rings is 1.